The van der Waals surface area contributed by atoms with E-state index in [0.717, 1.165) is 32.8 Å². The van der Waals surface area contributed by atoms with Crippen molar-refractivity contribution in [2.24, 2.45) is 0 Å². The molecule has 1 unspecified atom stereocenters. The van der Waals surface area contributed by atoms with Crippen molar-refractivity contribution in [1.82, 2.24) is 4.90 Å². The van der Waals surface area contributed by atoms with Gasteiger partial charge in [-0.15, -0.1) is 0 Å². The van der Waals surface area contributed by atoms with Gasteiger partial charge >= 0.3 is 0 Å². The van der Waals surface area contributed by atoms with Crippen LogP contribution in [-0.2, 0) is 11.3 Å². The second kappa shape index (κ2) is 4.07. The SMILES string of the molecule is CN1CCN2c3ccccc3COCC2C1. The Morgan fingerprint density at radius 3 is 3.06 bits per heavy atom. The molecule has 3 heteroatoms. The molecule has 1 aromatic rings. The van der Waals surface area contributed by atoms with Gasteiger partial charge < -0.3 is 14.5 Å². The maximum absolute atomic E-state index is 5.77. The average molecular weight is 218 g/mol. The molecule has 2 aliphatic heterocycles. The Kier molecular flexibility index (Phi) is 2.58. The van der Waals surface area contributed by atoms with Crippen molar-refractivity contribution in [2.75, 3.05) is 38.2 Å². The first kappa shape index (κ1) is 10.1. The Hall–Kier alpha value is -1.06. The molecule has 0 spiro atoms. The van der Waals surface area contributed by atoms with E-state index in [9.17, 15) is 0 Å². The minimum Gasteiger partial charge on any atom is -0.375 e. The number of rotatable bonds is 0. The molecule has 0 bridgehead atoms. The van der Waals surface area contributed by atoms with Crippen LogP contribution in [0.25, 0.3) is 0 Å². The zero-order chi connectivity index (χ0) is 11.0. The van der Waals surface area contributed by atoms with Crippen molar-refractivity contribution in [1.29, 1.82) is 0 Å². The lowest BCUT2D eigenvalue weighted by Gasteiger charge is -2.40. The fraction of sp³-hybridized carbons (Fsp3) is 0.538. The maximum Gasteiger partial charge on any atom is 0.0738 e. The van der Waals surface area contributed by atoms with E-state index in [4.69, 9.17) is 4.74 Å². The summed E-state index contributed by atoms with van der Waals surface area (Å²) in [6, 6.07) is 9.14. The van der Waals surface area contributed by atoms with Gasteiger partial charge in [-0.25, -0.2) is 0 Å². The van der Waals surface area contributed by atoms with Crippen molar-refractivity contribution in [3.05, 3.63) is 29.8 Å². The average Bonchev–Trinajstić information content (AvgIpc) is 2.47. The van der Waals surface area contributed by atoms with Crippen LogP contribution >= 0.6 is 0 Å². The van der Waals surface area contributed by atoms with E-state index in [1.165, 1.54) is 11.3 Å². The number of piperazine rings is 1. The van der Waals surface area contributed by atoms with Gasteiger partial charge in [-0.1, -0.05) is 18.2 Å². The minimum atomic E-state index is 0.516. The Labute approximate surface area is 96.6 Å². The van der Waals surface area contributed by atoms with Crippen molar-refractivity contribution in [3.63, 3.8) is 0 Å². The van der Waals surface area contributed by atoms with Crippen molar-refractivity contribution in [3.8, 4) is 0 Å². The normalized spacial score (nSPS) is 25.8. The van der Waals surface area contributed by atoms with E-state index in [1.807, 2.05) is 0 Å². The molecule has 1 aromatic carbocycles. The van der Waals surface area contributed by atoms with E-state index in [1.54, 1.807) is 0 Å². The number of hydrogen-bond donors (Lipinski definition) is 0. The van der Waals surface area contributed by atoms with Crippen LogP contribution in [0, 0.1) is 0 Å². The lowest BCUT2D eigenvalue weighted by Crippen LogP contribution is -2.53. The van der Waals surface area contributed by atoms with E-state index in [0.29, 0.717) is 6.04 Å². The number of benzene rings is 1. The predicted octanol–water partition coefficient (Wildman–Crippen LogP) is 1.34. The summed E-state index contributed by atoms with van der Waals surface area (Å²) in [5, 5.41) is 0. The number of fused-ring (bicyclic) bond motifs is 3. The summed E-state index contributed by atoms with van der Waals surface area (Å²) in [4.78, 5) is 4.90. The second-order valence-corrected chi connectivity index (χ2v) is 4.75. The van der Waals surface area contributed by atoms with Gasteiger partial charge in [-0.2, -0.15) is 0 Å². The summed E-state index contributed by atoms with van der Waals surface area (Å²) in [7, 11) is 2.19. The van der Waals surface area contributed by atoms with Crippen LogP contribution in [-0.4, -0.2) is 44.2 Å². The summed E-state index contributed by atoms with van der Waals surface area (Å²) in [5.74, 6) is 0. The smallest absolute Gasteiger partial charge is 0.0738 e. The highest BCUT2D eigenvalue weighted by Crippen LogP contribution is 2.28. The summed E-state index contributed by atoms with van der Waals surface area (Å²) in [5.41, 5.74) is 2.70. The molecule has 2 aliphatic rings. The first-order chi connectivity index (χ1) is 7.84. The molecule has 3 rings (SSSR count). The van der Waals surface area contributed by atoms with Gasteiger partial charge in [0.2, 0.25) is 0 Å². The molecule has 86 valence electrons. The third kappa shape index (κ3) is 1.70. The van der Waals surface area contributed by atoms with Gasteiger partial charge in [0.25, 0.3) is 0 Å². The molecular formula is C13H18N2O. The molecule has 0 radical (unpaired) electrons. The molecule has 0 amide bonds. The predicted molar refractivity (Wildman–Crippen MR) is 64.7 cm³/mol. The Balaban J connectivity index is 1.95. The second-order valence-electron chi connectivity index (χ2n) is 4.75. The van der Waals surface area contributed by atoms with E-state index in [-0.39, 0.29) is 0 Å². The largest absolute Gasteiger partial charge is 0.375 e. The number of hydrogen-bond acceptors (Lipinski definition) is 3. The molecule has 0 aromatic heterocycles. The molecule has 0 N–H and O–H groups in total. The van der Waals surface area contributed by atoms with Crippen LogP contribution in [0.2, 0.25) is 0 Å². The van der Waals surface area contributed by atoms with E-state index in [2.05, 4.69) is 41.1 Å². The van der Waals surface area contributed by atoms with Crippen LogP contribution in [0.5, 0.6) is 0 Å². The highest BCUT2D eigenvalue weighted by atomic mass is 16.5. The summed E-state index contributed by atoms with van der Waals surface area (Å²) >= 11 is 0. The number of anilines is 1. The highest BCUT2D eigenvalue weighted by Gasteiger charge is 2.28. The van der Waals surface area contributed by atoms with Crippen molar-refractivity contribution in [2.45, 2.75) is 12.6 Å². The van der Waals surface area contributed by atoms with Crippen LogP contribution in [0.4, 0.5) is 5.69 Å². The Morgan fingerprint density at radius 2 is 2.12 bits per heavy atom. The van der Waals surface area contributed by atoms with Gasteiger partial charge in [-0.3, -0.25) is 0 Å². The van der Waals surface area contributed by atoms with Crippen molar-refractivity contribution < 1.29 is 4.74 Å². The maximum atomic E-state index is 5.77. The molecular weight excluding hydrogens is 200 g/mol. The summed E-state index contributed by atoms with van der Waals surface area (Å²) in [6.07, 6.45) is 0. The van der Waals surface area contributed by atoms with Gasteiger partial charge in [0.1, 0.15) is 0 Å². The van der Waals surface area contributed by atoms with Gasteiger partial charge in [0.05, 0.1) is 19.3 Å². The van der Waals surface area contributed by atoms with Crippen LogP contribution in [0.3, 0.4) is 0 Å². The topological polar surface area (TPSA) is 15.7 Å². The first-order valence-electron chi connectivity index (χ1n) is 5.95. The zero-order valence-corrected chi connectivity index (χ0v) is 9.72. The standard InChI is InChI=1S/C13H18N2O/c1-14-6-7-15-12(8-14)10-16-9-11-4-2-3-5-13(11)15/h2-5,12H,6-10H2,1H3. The highest BCUT2D eigenvalue weighted by molar-refractivity contribution is 5.55. The molecule has 1 saturated heterocycles. The third-order valence-electron chi connectivity index (χ3n) is 3.55. The molecule has 16 heavy (non-hydrogen) atoms. The molecule has 3 nitrogen and oxygen atoms in total. The fourth-order valence-corrected chi connectivity index (χ4v) is 2.69. The summed E-state index contributed by atoms with van der Waals surface area (Å²) in [6.45, 7) is 4.96. The zero-order valence-electron chi connectivity index (χ0n) is 9.72. The lowest BCUT2D eigenvalue weighted by molar-refractivity contribution is 0.0959. The number of likely N-dealkylation sites (N-methyl/N-ethyl adjacent to an activating group) is 1. The van der Waals surface area contributed by atoms with Crippen LogP contribution < -0.4 is 4.90 Å². The molecule has 0 aliphatic carbocycles. The summed E-state index contributed by atoms with van der Waals surface area (Å²) < 4.78 is 5.77. The lowest BCUT2D eigenvalue weighted by atomic mass is 10.1. The van der Waals surface area contributed by atoms with Gasteiger partial charge in [-0.05, 0) is 13.1 Å². The Morgan fingerprint density at radius 1 is 1.25 bits per heavy atom. The first-order valence-corrected chi connectivity index (χ1v) is 5.95. The number of para-hydroxylation sites is 1. The van der Waals surface area contributed by atoms with E-state index >= 15 is 0 Å². The fourth-order valence-electron chi connectivity index (χ4n) is 2.69. The molecule has 1 fully saturated rings. The van der Waals surface area contributed by atoms with Crippen LogP contribution in [0.1, 0.15) is 5.56 Å². The van der Waals surface area contributed by atoms with Crippen LogP contribution in [0.15, 0.2) is 24.3 Å². The molecule has 1 atom stereocenters. The molecule has 0 saturated carbocycles. The van der Waals surface area contributed by atoms with Crippen molar-refractivity contribution >= 4 is 5.69 Å². The third-order valence-corrected chi connectivity index (χ3v) is 3.55. The number of nitrogens with zero attached hydrogens (tertiary/aromatic N) is 2. The Bertz CT molecular complexity index is 380. The monoisotopic (exact) mass is 218 g/mol. The number of ether oxygens (including phenoxy) is 1. The van der Waals surface area contributed by atoms with Gasteiger partial charge in [0.15, 0.2) is 0 Å². The molecule has 2 heterocycles. The minimum absolute atomic E-state index is 0.516. The van der Waals surface area contributed by atoms with Gasteiger partial charge in [0, 0.05) is 30.9 Å². The quantitative estimate of drug-likeness (QED) is 0.653. The van der Waals surface area contributed by atoms with E-state index < -0.39 is 0 Å².